The molecule has 8 heteroatoms. The van der Waals surface area contributed by atoms with Crippen molar-refractivity contribution < 1.29 is 14.4 Å². The van der Waals surface area contributed by atoms with Gasteiger partial charge in [-0.3, -0.25) is 19.3 Å². The average Bonchev–Trinajstić information content (AvgIpc) is 3.30. The molecule has 1 aromatic heterocycles. The topological polar surface area (TPSA) is 94.6 Å². The van der Waals surface area contributed by atoms with Gasteiger partial charge in [0.15, 0.2) is 0 Å². The molecular weight excluding hydrogens is 454 g/mol. The zero-order valence-corrected chi connectivity index (χ0v) is 20.2. The van der Waals surface area contributed by atoms with Crippen LogP contribution in [0.3, 0.4) is 0 Å². The van der Waals surface area contributed by atoms with Gasteiger partial charge in [-0.05, 0) is 60.8 Å². The van der Waals surface area contributed by atoms with Gasteiger partial charge >= 0.3 is 0 Å². The second kappa shape index (κ2) is 10.3. The maximum Gasteiger partial charge on any atom is 0.244 e. The summed E-state index contributed by atoms with van der Waals surface area (Å²) in [7, 11) is 1.92. The molecular formula is C28H29N5O3. The van der Waals surface area contributed by atoms with E-state index in [1.54, 1.807) is 23.2 Å². The lowest BCUT2D eigenvalue weighted by molar-refractivity contribution is -0.142. The lowest BCUT2D eigenvalue weighted by atomic mass is 10.0. The Balaban J connectivity index is 1.22. The predicted octanol–water partition coefficient (Wildman–Crippen LogP) is 2.89. The third kappa shape index (κ3) is 5.28. The van der Waals surface area contributed by atoms with Crippen LogP contribution in [0.1, 0.15) is 22.7 Å². The van der Waals surface area contributed by atoms with Gasteiger partial charge in [0.25, 0.3) is 0 Å². The molecule has 1 fully saturated rings. The number of benzene rings is 2. The minimum atomic E-state index is -0.240. The number of nitrogens with zero attached hydrogens (tertiary/aromatic N) is 3. The molecule has 0 spiro atoms. The number of aromatic nitrogens is 1. The quantitative estimate of drug-likeness (QED) is 0.562. The number of carbonyl (C=O) groups is 3. The van der Waals surface area contributed by atoms with Gasteiger partial charge in [0.05, 0.1) is 12.6 Å². The van der Waals surface area contributed by atoms with Crippen molar-refractivity contribution in [2.24, 2.45) is 5.92 Å². The summed E-state index contributed by atoms with van der Waals surface area (Å²) in [5.41, 5.74) is 3.83. The number of piperazine rings is 1. The molecule has 5 rings (SSSR count). The number of carbonyl (C=O) groups excluding carboxylic acids is 3. The molecule has 0 radical (unpaired) electrons. The number of likely N-dealkylation sites (N-methyl/N-ethyl adjacent to an activating group) is 1. The van der Waals surface area contributed by atoms with E-state index < -0.39 is 0 Å². The number of hydrogen-bond donors (Lipinski definition) is 2. The molecule has 184 valence electrons. The maximum atomic E-state index is 13.0. The molecule has 1 aliphatic carbocycles. The monoisotopic (exact) mass is 483 g/mol. The van der Waals surface area contributed by atoms with Gasteiger partial charge in [-0.15, -0.1) is 0 Å². The standard InChI is InChI=1S/C28H29N5O3/c1-32-16-24(19-7-3-2-4-8-19)33(27(35)18-32)17-26(34)30-23-11-10-20-13-22(14-21(20)15-23)28(36)31-25-9-5-6-12-29-25/h2-12,15,22,24H,13-14,16-18H2,1H3,(H,30,34)(H,29,31,36). The zero-order chi connectivity index (χ0) is 25.1. The summed E-state index contributed by atoms with van der Waals surface area (Å²) in [6.45, 7) is 0.944. The first-order valence-electron chi connectivity index (χ1n) is 12.1. The van der Waals surface area contributed by atoms with Crippen molar-refractivity contribution in [3.8, 4) is 0 Å². The van der Waals surface area contributed by atoms with Gasteiger partial charge in [-0.25, -0.2) is 4.98 Å². The number of pyridine rings is 1. The Morgan fingerprint density at radius 3 is 2.53 bits per heavy atom. The van der Waals surface area contributed by atoms with Gasteiger partial charge in [-0.1, -0.05) is 42.5 Å². The molecule has 2 atom stereocenters. The van der Waals surface area contributed by atoms with Crippen molar-refractivity contribution in [2.75, 3.05) is 37.3 Å². The number of amides is 3. The van der Waals surface area contributed by atoms with Crippen molar-refractivity contribution in [3.63, 3.8) is 0 Å². The number of rotatable bonds is 6. The highest BCUT2D eigenvalue weighted by Gasteiger charge is 2.33. The van der Waals surface area contributed by atoms with Crippen LogP contribution in [0.2, 0.25) is 0 Å². The number of fused-ring (bicyclic) bond motifs is 1. The normalized spacial score (nSPS) is 19.6. The Labute approximate surface area is 210 Å². The van der Waals surface area contributed by atoms with Gasteiger partial charge in [0.1, 0.15) is 12.4 Å². The highest BCUT2D eigenvalue weighted by molar-refractivity contribution is 5.95. The van der Waals surface area contributed by atoms with E-state index in [1.807, 2.05) is 66.5 Å². The summed E-state index contributed by atoms with van der Waals surface area (Å²) in [5.74, 6) is -0.00284. The first-order valence-corrected chi connectivity index (χ1v) is 12.1. The smallest absolute Gasteiger partial charge is 0.244 e. The Morgan fingerprint density at radius 1 is 0.972 bits per heavy atom. The maximum absolute atomic E-state index is 13.0. The van der Waals surface area contributed by atoms with Crippen molar-refractivity contribution in [3.05, 3.63) is 89.6 Å². The Hall–Kier alpha value is -4.04. The van der Waals surface area contributed by atoms with Crippen LogP contribution < -0.4 is 10.6 Å². The fourth-order valence-electron chi connectivity index (χ4n) is 5.01. The van der Waals surface area contributed by atoms with Crippen molar-refractivity contribution in [1.29, 1.82) is 0 Å². The summed E-state index contributed by atoms with van der Waals surface area (Å²) in [5, 5.41) is 5.82. The van der Waals surface area contributed by atoms with E-state index in [9.17, 15) is 14.4 Å². The number of anilines is 2. The minimum Gasteiger partial charge on any atom is -0.325 e. The summed E-state index contributed by atoms with van der Waals surface area (Å²) >= 11 is 0. The van der Waals surface area contributed by atoms with Crippen LogP contribution in [0.5, 0.6) is 0 Å². The third-order valence-electron chi connectivity index (χ3n) is 6.79. The predicted molar refractivity (Wildman–Crippen MR) is 137 cm³/mol. The second-order valence-electron chi connectivity index (χ2n) is 9.49. The van der Waals surface area contributed by atoms with E-state index in [0.717, 1.165) is 16.7 Å². The van der Waals surface area contributed by atoms with Gasteiger partial charge < -0.3 is 15.5 Å². The molecule has 36 heavy (non-hydrogen) atoms. The van der Waals surface area contributed by atoms with Crippen LogP contribution in [-0.4, -0.2) is 59.2 Å². The van der Waals surface area contributed by atoms with E-state index in [2.05, 4.69) is 15.6 Å². The van der Waals surface area contributed by atoms with E-state index in [-0.39, 0.29) is 42.8 Å². The van der Waals surface area contributed by atoms with Gasteiger partial charge in [-0.2, -0.15) is 0 Å². The van der Waals surface area contributed by atoms with Crippen LogP contribution in [0.25, 0.3) is 0 Å². The van der Waals surface area contributed by atoms with E-state index >= 15 is 0 Å². The number of hydrogen-bond acceptors (Lipinski definition) is 5. The lowest BCUT2D eigenvalue weighted by Gasteiger charge is -2.39. The van der Waals surface area contributed by atoms with Crippen LogP contribution in [0.4, 0.5) is 11.5 Å². The lowest BCUT2D eigenvalue weighted by Crippen LogP contribution is -2.52. The van der Waals surface area contributed by atoms with Crippen LogP contribution in [0, 0.1) is 5.92 Å². The SMILES string of the molecule is CN1CC(=O)N(CC(=O)Nc2ccc3c(c2)CC(C(=O)Nc2ccccn2)C3)C(c2ccccc2)C1. The molecule has 0 saturated carbocycles. The molecule has 2 N–H and O–H groups in total. The molecule has 1 aliphatic heterocycles. The highest BCUT2D eigenvalue weighted by atomic mass is 16.2. The molecule has 2 heterocycles. The number of nitrogens with one attached hydrogen (secondary N) is 2. The molecule has 2 aromatic carbocycles. The summed E-state index contributed by atoms with van der Waals surface area (Å²) in [4.78, 5) is 46.3. The second-order valence-corrected chi connectivity index (χ2v) is 9.49. The molecule has 2 aliphatic rings. The molecule has 3 amide bonds. The summed E-state index contributed by atoms with van der Waals surface area (Å²) in [6, 6.07) is 20.8. The van der Waals surface area contributed by atoms with Gasteiger partial charge in [0.2, 0.25) is 17.7 Å². The van der Waals surface area contributed by atoms with E-state index in [1.165, 1.54) is 0 Å². The summed E-state index contributed by atoms with van der Waals surface area (Å²) < 4.78 is 0. The molecule has 0 bridgehead atoms. The Bertz CT molecular complexity index is 1260. The van der Waals surface area contributed by atoms with Crippen LogP contribution >= 0.6 is 0 Å². The fourth-order valence-corrected chi connectivity index (χ4v) is 5.01. The molecule has 8 nitrogen and oxygen atoms in total. The van der Waals surface area contributed by atoms with Gasteiger partial charge in [0, 0.05) is 24.3 Å². The summed E-state index contributed by atoms with van der Waals surface area (Å²) in [6.07, 6.45) is 2.90. The Morgan fingerprint density at radius 2 is 1.75 bits per heavy atom. The zero-order valence-electron chi connectivity index (χ0n) is 20.2. The third-order valence-corrected chi connectivity index (χ3v) is 6.79. The highest BCUT2D eigenvalue weighted by Crippen LogP contribution is 2.30. The van der Waals surface area contributed by atoms with Crippen molar-refractivity contribution in [1.82, 2.24) is 14.8 Å². The molecule has 3 aromatic rings. The fraction of sp³-hybridized carbons (Fsp3) is 0.286. The molecule has 2 unspecified atom stereocenters. The first kappa shape index (κ1) is 23.7. The van der Waals surface area contributed by atoms with Crippen molar-refractivity contribution in [2.45, 2.75) is 18.9 Å². The van der Waals surface area contributed by atoms with Crippen LogP contribution in [0.15, 0.2) is 72.9 Å². The largest absolute Gasteiger partial charge is 0.325 e. The van der Waals surface area contributed by atoms with E-state index in [0.29, 0.717) is 30.9 Å². The first-order chi connectivity index (χ1) is 17.5. The van der Waals surface area contributed by atoms with E-state index in [4.69, 9.17) is 0 Å². The average molecular weight is 484 g/mol. The van der Waals surface area contributed by atoms with Crippen LogP contribution in [-0.2, 0) is 27.2 Å². The minimum absolute atomic E-state index is 0.0155. The Kier molecular flexibility index (Phi) is 6.77. The molecule has 1 saturated heterocycles. The van der Waals surface area contributed by atoms with Crippen molar-refractivity contribution >= 4 is 29.2 Å².